The van der Waals surface area contributed by atoms with Crippen molar-refractivity contribution in [1.29, 1.82) is 0 Å². The lowest BCUT2D eigenvalue weighted by atomic mass is 9.93. The number of allylic oxidation sites excluding steroid dienone is 2. The van der Waals surface area contributed by atoms with Crippen LogP contribution in [-0.4, -0.2) is 31.6 Å². The van der Waals surface area contributed by atoms with Crippen LogP contribution in [0, 0.1) is 6.92 Å². The normalized spacial score (nSPS) is 18.5. The highest BCUT2D eigenvalue weighted by atomic mass is 32.2. The fraction of sp³-hybridized carbons (Fsp3) is 0.261. The summed E-state index contributed by atoms with van der Waals surface area (Å²) >= 11 is 0. The first-order valence-electron chi connectivity index (χ1n) is 9.28. The molecule has 1 heterocycles. The van der Waals surface area contributed by atoms with E-state index in [1.54, 1.807) is 19.1 Å². The zero-order valence-corrected chi connectivity index (χ0v) is 17.5. The van der Waals surface area contributed by atoms with Crippen molar-refractivity contribution in [3.8, 4) is 0 Å². The zero-order valence-electron chi connectivity index (χ0n) is 16.7. The molecule has 0 N–H and O–H groups in total. The lowest BCUT2D eigenvalue weighted by molar-refractivity contribution is 0.101. The van der Waals surface area contributed by atoms with E-state index in [0.29, 0.717) is 23.5 Å². The molecule has 1 saturated heterocycles. The summed E-state index contributed by atoms with van der Waals surface area (Å²) in [5.41, 5.74) is 5.42. The summed E-state index contributed by atoms with van der Waals surface area (Å²) in [5.74, 6) is -0.000270. The van der Waals surface area contributed by atoms with E-state index in [-0.39, 0.29) is 5.78 Å². The zero-order chi connectivity index (χ0) is 20.5. The second kappa shape index (κ2) is 7.86. The first-order chi connectivity index (χ1) is 13.3. The highest BCUT2D eigenvalue weighted by Crippen LogP contribution is 2.34. The molecule has 3 rings (SSSR count). The maximum absolute atomic E-state index is 13.1. The van der Waals surface area contributed by atoms with Crippen LogP contribution in [-0.2, 0) is 10.0 Å². The summed E-state index contributed by atoms with van der Waals surface area (Å²) in [6.07, 6.45) is 1.96. The topological polar surface area (TPSA) is 54.5 Å². The van der Waals surface area contributed by atoms with Gasteiger partial charge >= 0.3 is 0 Å². The molecule has 0 aromatic heterocycles. The van der Waals surface area contributed by atoms with Crippen molar-refractivity contribution >= 4 is 21.4 Å². The number of carbonyl (C=O) groups is 1. The molecule has 2 aromatic rings. The van der Waals surface area contributed by atoms with Crippen LogP contribution in [0.25, 0.3) is 5.57 Å². The summed E-state index contributed by atoms with van der Waals surface area (Å²) in [6.45, 7) is 8.00. The predicted octanol–water partition coefficient (Wildman–Crippen LogP) is 4.62. The van der Waals surface area contributed by atoms with E-state index in [4.69, 9.17) is 0 Å². The van der Waals surface area contributed by atoms with Gasteiger partial charge in [0.25, 0.3) is 0 Å². The average Bonchev–Trinajstić information content (AvgIpc) is 3.13. The smallest absolute Gasteiger partial charge is 0.243 e. The number of benzene rings is 2. The van der Waals surface area contributed by atoms with Gasteiger partial charge in [0.2, 0.25) is 10.0 Å². The molecule has 4 nitrogen and oxygen atoms in total. The van der Waals surface area contributed by atoms with Gasteiger partial charge in [-0.3, -0.25) is 4.79 Å². The number of ketones is 1. The van der Waals surface area contributed by atoms with E-state index in [9.17, 15) is 13.2 Å². The number of aryl methyl sites for hydroxylation is 1. The monoisotopic (exact) mass is 395 g/mol. The molecule has 0 unspecified atom stereocenters. The van der Waals surface area contributed by atoms with Gasteiger partial charge in [0.05, 0.1) is 4.90 Å². The van der Waals surface area contributed by atoms with Crippen molar-refractivity contribution in [2.75, 3.05) is 13.1 Å². The van der Waals surface area contributed by atoms with E-state index >= 15 is 0 Å². The maximum Gasteiger partial charge on any atom is 0.243 e. The average molecular weight is 396 g/mol. The largest absolute Gasteiger partial charge is 0.294 e. The summed E-state index contributed by atoms with van der Waals surface area (Å²) in [6, 6.07) is 14.4. The van der Waals surface area contributed by atoms with Gasteiger partial charge in [-0.2, -0.15) is 4.31 Å². The molecule has 1 aliphatic rings. The fourth-order valence-electron chi connectivity index (χ4n) is 3.55. The molecule has 2 aromatic carbocycles. The molecule has 28 heavy (non-hydrogen) atoms. The van der Waals surface area contributed by atoms with Crippen LogP contribution in [0.5, 0.6) is 0 Å². The number of sulfonamides is 1. The lowest BCUT2D eigenvalue weighted by Crippen LogP contribution is -2.28. The Bertz CT molecular complexity index is 1080. The fourth-order valence-corrected chi connectivity index (χ4v) is 4.94. The van der Waals surface area contributed by atoms with Crippen molar-refractivity contribution in [2.45, 2.75) is 32.6 Å². The Kier molecular flexibility index (Phi) is 5.68. The van der Waals surface area contributed by atoms with Crippen molar-refractivity contribution in [3.05, 3.63) is 82.4 Å². The molecule has 0 bridgehead atoms. The lowest BCUT2D eigenvalue weighted by Gasteiger charge is -2.15. The summed E-state index contributed by atoms with van der Waals surface area (Å²) < 4.78 is 27.7. The third-order valence-corrected chi connectivity index (χ3v) is 7.04. The van der Waals surface area contributed by atoms with Crippen LogP contribution in [0.2, 0.25) is 0 Å². The molecule has 1 aliphatic heterocycles. The van der Waals surface area contributed by atoms with Crippen molar-refractivity contribution in [1.82, 2.24) is 4.31 Å². The predicted molar refractivity (Wildman–Crippen MR) is 113 cm³/mol. The van der Waals surface area contributed by atoms with Gasteiger partial charge in [-0.15, -0.1) is 0 Å². The van der Waals surface area contributed by atoms with Gasteiger partial charge < -0.3 is 0 Å². The molecule has 0 saturated carbocycles. The van der Waals surface area contributed by atoms with Crippen molar-refractivity contribution < 1.29 is 13.2 Å². The summed E-state index contributed by atoms with van der Waals surface area (Å²) in [4.78, 5) is 12.3. The van der Waals surface area contributed by atoms with E-state index in [0.717, 1.165) is 27.8 Å². The molecule has 146 valence electrons. The second-order valence-corrected chi connectivity index (χ2v) is 9.04. The number of Topliss-reactive ketones (excluding diaryl/α,β-unsaturated/α-hetero) is 1. The van der Waals surface area contributed by atoms with Gasteiger partial charge in [0, 0.05) is 18.7 Å². The minimum Gasteiger partial charge on any atom is -0.294 e. The van der Waals surface area contributed by atoms with Gasteiger partial charge in [0.15, 0.2) is 5.78 Å². The van der Waals surface area contributed by atoms with Crippen LogP contribution in [0.1, 0.15) is 42.3 Å². The Balaban J connectivity index is 2.04. The Labute approximate surface area is 167 Å². The standard InChI is InChI=1S/C23H25NO3S/c1-5-19-14-24(28(26,27)20-12-10-16(2)11-13-20)15-23(19)17(3)21-8-6-7-9-22(21)18(4)25/h5-13H,14-15H2,1-4H3/b19-5+,23-17?. The molecular formula is C23H25NO3S. The van der Waals surface area contributed by atoms with Crippen molar-refractivity contribution in [2.24, 2.45) is 0 Å². The Morgan fingerprint density at radius 3 is 2.14 bits per heavy atom. The SMILES string of the molecule is C/C=C1\CN(S(=O)(=O)c2ccc(C)cc2)CC1=C(C)c1ccccc1C(C)=O. The Morgan fingerprint density at radius 2 is 1.57 bits per heavy atom. The molecular weight excluding hydrogens is 370 g/mol. The molecule has 0 radical (unpaired) electrons. The third kappa shape index (κ3) is 3.73. The minimum absolute atomic E-state index is 0.000270. The first kappa shape index (κ1) is 20.2. The van der Waals surface area contributed by atoms with E-state index in [2.05, 4.69) is 0 Å². The minimum atomic E-state index is -3.58. The maximum atomic E-state index is 13.1. The second-order valence-electron chi connectivity index (χ2n) is 7.11. The molecule has 1 fully saturated rings. The van der Waals surface area contributed by atoms with E-state index in [1.807, 2.05) is 63.2 Å². The van der Waals surface area contributed by atoms with E-state index < -0.39 is 10.0 Å². The number of rotatable bonds is 4. The molecule has 0 amide bonds. The van der Waals surface area contributed by atoms with Gasteiger partial charge in [-0.25, -0.2) is 8.42 Å². The third-order valence-electron chi connectivity index (χ3n) is 5.24. The van der Waals surface area contributed by atoms with Gasteiger partial charge in [-0.05, 0) is 62.1 Å². The number of nitrogens with zero attached hydrogens (tertiary/aromatic N) is 1. The highest BCUT2D eigenvalue weighted by Gasteiger charge is 2.33. The van der Waals surface area contributed by atoms with Gasteiger partial charge in [-0.1, -0.05) is 48.0 Å². The first-order valence-corrected chi connectivity index (χ1v) is 10.7. The molecule has 0 spiro atoms. The van der Waals surface area contributed by atoms with Crippen LogP contribution in [0.15, 0.2) is 70.6 Å². The Hall–Kier alpha value is -2.50. The van der Waals surface area contributed by atoms with Crippen LogP contribution in [0.4, 0.5) is 0 Å². The Morgan fingerprint density at radius 1 is 0.964 bits per heavy atom. The number of hydrogen-bond donors (Lipinski definition) is 0. The van der Waals surface area contributed by atoms with Crippen molar-refractivity contribution in [3.63, 3.8) is 0 Å². The quantitative estimate of drug-likeness (QED) is 0.710. The van der Waals surface area contributed by atoms with Gasteiger partial charge in [0.1, 0.15) is 0 Å². The van der Waals surface area contributed by atoms with Crippen LogP contribution < -0.4 is 0 Å². The highest BCUT2D eigenvalue weighted by molar-refractivity contribution is 7.89. The molecule has 0 aliphatic carbocycles. The number of carbonyl (C=O) groups excluding carboxylic acids is 1. The summed E-state index contributed by atoms with van der Waals surface area (Å²) in [5, 5.41) is 0. The molecule has 5 heteroatoms. The van der Waals surface area contributed by atoms with Crippen LogP contribution in [0.3, 0.4) is 0 Å². The molecule has 0 atom stereocenters. The van der Waals surface area contributed by atoms with Crippen LogP contribution >= 0.6 is 0 Å². The number of hydrogen-bond acceptors (Lipinski definition) is 3. The van der Waals surface area contributed by atoms with E-state index in [1.165, 1.54) is 4.31 Å². The summed E-state index contributed by atoms with van der Waals surface area (Å²) in [7, 11) is -3.58.